The van der Waals surface area contributed by atoms with E-state index < -0.39 is 0 Å². The van der Waals surface area contributed by atoms with Crippen LogP contribution in [0.15, 0.2) is 42.7 Å². The van der Waals surface area contributed by atoms with E-state index in [2.05, 4.69) is 14.9 Å². The van der Waals surface area contributed by atoms with Gasteiger partial charge in [0.15, 0.2) is 0 Å². The number of rotatable bonds is 5. The minimum absolute atomic E-state index is 0.00419. The fourth-order valence-corrected chi connectivity index (χ4v) is 3.20. The Bertz CT molecular complexity index is 767. The summed E-state index contributed by atoms with van der Waals surface area (Å²) in [5, 5.41) is 0. The molecule has 0 spiro atoms. The Morgan fingerprint density at radius 2 is 1.48 bits per heavy atom. The number of carbonyl (C=O) groups excluding carboxylic acids is 2. The molecule has 1 aromatic carbocycles. The van der Waals surface area contributed by atoms with Crippen molar-refractivity contribution in [3.8, 4) is 0 Å². The van der Waals surface area contributed by atoms with Gasteiger partial charge in [-0.15, -0.1) is 0 Å². The number of nitrogens with zero attached hydrogens (tertiary/aromatic N) is 5. The Morgan fingerprint density at radius 1 is 0.926 bits per heavy atom. The van der Waals surface area contributed by atoms with Crippen LogP contribution in [0.25, 0.3) is 0 Å². The maximum atomic E-state index is 12.8. The molecule has 0 aliphatic carbocycles. The van der Waals surface area contributed by atoms with Crippen LogP contribution in [-0.2, 0) is 0 Å². The summed E-state index contributed by atoms with van der Waals surface area (Å²) >= 11 is 0. The van der Waals surface area contributed by atoms with E-state index in [4.69, 9.17) is 0 Å². The number of hydrogen-bond donors (Lipinski definition) is 0. The molecule has 1 saturated heterocycles. The molecule has 7 nitrogen and oxygen atoms in total. The lowest BCUT2D eigenvalue weighted by Crippen LogP contribution is -2.49. The first-order valence-electron chi connectivity index (χ1n) is 9.34. The average Bonchev–Trinajstić information content (AvgIpc) is 2.75. The summed E-state index contributed by atoms with van der Waals surface area (Å²) < 4.78 is 0. The highest BCUT2D eigenvalue weighted by atomic mass is 16.2. The summed E-state index contributed by atoms with van der Waals surface area (Å²) in [6, 6.07) is 8.75. The third kappa shape index (κ3) is 4.24. The molecule has 27 heavy (non-hydrogen) atoms. The van der Waals surface area contributed by atoms with Crippen LogP contribution in [0.2, 0.25) is 0 Å². The molecule has 1 aromatic heterocycles. The Kier molecular flexibility index (Phi) is 6.01. The van der Waals surface area contributed by atoms with Crippen LogP contribution < -0.4 is 4.90 Å². The summed E-state index contributed by atoms with van der Waals surface area (Å²) in [6.07, 6.45) is 3.45. The fraction of sp³-hybridized carbons (Fsp3) is 0.400. The monoisotopic (exact) mass is 367 g/mol. The second-order valence-electron chi connectivity index (χ2n) is 6.38. The minimum Gasteiger partial charge on any atom is -0.339 e. The summed E-state index contributed by atoms with van der Waals surface area (Å²) in [5.41, 5.74) is 1.22. The van der Waals surface area contributed by atoms with Crippen LogP contribution in [0.5, 0.6) is 0 Å². The molecule has 2 amide bonds. The largest absolute Gasteiger partial charge is 0.339 e. The Balaban J connectivity index is 1.61. The highest BCUT2D eigenvalue weighted by molar-refractivity contribution is 5.97. The molecule has 0 unspecified atom stereocenters. The van der Waals surface area contributed by atoms with Gasteiger partial charge in [-0.1, -0.05) is 0 Å². The van der Waals surface area contributed by atoms with Gasteiger partial charge in [0, 0.05) is 62.8 Å². The fourth-order valence-electron chi connectivity index (χ4n) is 3.20. The first-order chi connectivity index (χ1) is 13.1. The summed E-state index contributed by atoms with van der Waals surface area (Å²) in [5.74, 6) is 0.685. The number of aromatic nitrogens is 2. The zero-order valence-electron chi connectivity index (χ0n) is 15.8. The van der Waals surface area contributed by atoms with E-state index in [1.807, 2.05) is 18.7 Å². The topological polar surface area (TPSA) is 69.6 Å². The van der Waals surface area contributed by atoms with Crippen molar-refractivity contribution >= 4 is 17.8 Å². The lowest BCUT2D eigenvalue weighted by atomic mass is 10.1. The highest BCUT2D eigenvalue weighted by Crippen LogP contribution is 2.14. The van der Waals surface area contributed by atoms with Crippen LogP contribution in [0.4, 0.5) is 5.95 Å². The maximum Gasteiger partial charge on any atom is 0.253 e. The third-order valence-corrected chi connectivity index (χ3v) is 4.83. The first kappa shape index (κ1) is 18.8. The van der Waals surface area contributed by atoms with Gasteiger partial charge in [0.05, 0.1) is 0 Å². The number of anilines is 1. The normalized spacial score (nSPS) is 14.1. The molecule has 7 heteroatoms. The van der Waals surface area contributed by atoms with E-state index in [9.17, 15) is 9.59 Å². The number of carbonyl (C=O) groups is 2. The Hall–Kier alpha value is -2.96. The van der Waals surface area contributed by atoms with Gasteiger partial charge >= 0.3 is 0 Å². The molecule has 0 N–H and O–H groups in total. The molecule has 1 aliphatic rings. The molecule has 3 rings (SSSR count). The maximum absolute atomic E-state index is 12.8. The number of benzene rings is 1. The molecule has 1 aliphatic heterocycles. The lowest BCUT2D eigenvalue weighted by Gasteiger charge is -2.34. The SMILES string of the molecule is CCN(CC)C(=O)c1ccc(C(=O)N2CCN(c3ncccn3)CC2)cc1. The predicted octanol–water partition coefficient (Wildman–Crippen LogP) is 1.92. The Morgan fingerprint density at radius 3 is 2.04 bits per heavy atom. The number of amides is 2. The molecule has 0 saturated carbocycles. The van der Waals surface area contributed by atoms with Gasteiger partial charge in [0.1, 0.15) is 0 Å². The van der Waals surface area contributed by atoms with Crippen molar-refractivity contribution in [2.24, 2.45) is 0 Å². The van der Waals surface area contributed by atoms with E-state index in [0.29, 0.717) is 56.3 Å². The van der Waals surface area contributed by atoms with E-state index in [0.717, 1.165) is 0 Å². The number of piperazine rings is 1. The van der Waals surface area contributed by atoms with Crippen LogP contribution in [-0.4, -0.2) is 70.9 Å². The van der Waals surface area contributed by atoms with Crippen LogP contribution >= 0.6 is 0 Å². The van der Waals surface area contributed by atoms with Crippen molar-refractivity contribution in [1.82, 2.24) is 19.8 Å². The molecule has 0 bridgehead atoms. The molecular formula is C20H25N5O2. The van der Waals surface area contributed by atoms with Gasteiger partial charge in [0.2, 0.25) is 5.95 Å². The molecule has 2 aromatic rings. The van der Waals surface area contributed by atoms with E-state index >= 15 is 0 Å². The van der Waals surface area contributed by atoms with Crippen LogP contribution in [0.1, 0.15) is 34.6 Å². The van der Waals surface area contributed by atoms with Crippen molar-refractivity contribution in [3.63, 3.8) is 0 Å². The first-order valence-corrected chi connectivity index (χ1v) is 9.34. The lowest BCUT2D eigenvalue weighted by molar-refractivity contribution is 0.0741. The molecule has 0 atom stereocenters. The third-order valence-electron chi connectivity index (χ3n) is 4.83. The van der Waals surface area contributed by atoms with E-state index in [1.54, 1.807) is 47.6 Å². The van der Waals surface area contributed by atoms with Crippen LogP contribution in [0, 0.1) is 0 Å². The number of hydrogen-bond acceptors (Lipinski definition) is 5. The highest BCUT2D eigenvalue weighted by Gasteiger charge is 2.23. The molecule has 2 heterocycles. The second kappa shape index (κ2) is 8.62. The quantitative estimate of drug-likeness (QED) is 0.808. The van der Waals surface area contributed by atoms with Crippen molar-refractivity contribution in [2.45, 2.75) is 13.8 Å². The summed E-state index contributed by atoms with van der Waals surface area (Å²) in [4.78, 5) is 39.3. The molecular weight excluding hydrogens is 342 g/mol. The van der Waals surface area contributed by atoms with Gasteiger partial charge in [0.25, 0.3) is 11.8 Å². The van der Waals surface area contributed by atoms with Gasteiger partial charge in [-0.25, -0.2) is 9.97 Å². The van der Waals surface area contributed by atoms with Crippen molar-refractivity contribution in [3.05, 3.63) is 53.9 Å². The summed E-state index contributed by atoms with van der Waals surface area (Å²) in [6.45, 7) is 7.91. The van der Waals surface area contributed by atoms with Crippen molar-refractivity contribution in [2.75, 3.05) is 44.2 Å². The molecule has 142 valence electrons. The van der Waals surface area contributed by atoms with Gasteiger partial charge in [-0.3, -0.25) is 9.59 Å². The predicted molar refractivity (Wildman–Crippen MR) is 104 cm³/mol. The van der Waals surface area contributed by atoms with E-state index in [-0.39, 0.29) is 11.8 Å². The zero-order chi connectivity index (χ0) is 19.2. The van der Waals surface area contributed by atoms with Crippen molar-refractivity contribution in [1.29, 1.82) is 0 Å². The molecule has 1 fully saturated rings. The Labute approximate surface area is 159 Å². The smallest absolute Gasteiger partial charge is 0.253 e. The summed E-state index contributed by atoms with van der Waals surface area (Å²) in [7, 11) is 0. The standard InChI is InChI=1S/C20H25N5O2/c1-3-23(4-2)18(26)16-6-8-17(9-7-16)19(27)24-12-14-25(15-13-24)20-21-10-5-11-22-20/h5-11H,3-4,12-15H2,1-2H3. The van der Waals surface area contributed by atoms with Gasteiger partial charge in [-0.05, 0) is 44.2 Å². The van der Waals surface area contributed by atoms with Crippen molar-refractivity contribution < 1.29 is 9.59 Å². The zero-order valence-corrected chi connectivity index (χ0v) is 15.8. The van der Waals surface area contributed by atoms with Crippen LogP contribution in [0.3, 0.4) is 0 Å². The van der Waals surface area contributed by atoms with Gasteiger partial charge in [-0.2, -0.15) is 0 Å². The minimum atomic E-state index is -0.00883. The molecule has 0 radical (unpaired) electrons. The van der Waals surface area contributed by atoms with Gasteiger partial charge < -0.3 is 14.7 Å². The average molecular weight is 367 g/mol. The second-order valence-corrected chi connectivity index (χ2v) is 6.38. The van der Waals surface area contributed by atoms with E-state index in [1.165, 1.54) is 0 Å².